The summed E-state index contributed by atoms with van der Waals surface area (Å²) in [6.07, 6.45) is 1.36. The van der Waals surface area contributed by atoms with Crippen LogP contribution in [0.2, 0.25) is 0 Å². The van der Waals surface area contributed by atoms with E-state index in [4.69, 9.17) is 4.74 Å². The van der Waals surface area contributed by atoms with Crippen LogP contribution in [-0.4, -0.2) is 58.1 Å². The van der Waals surface area contributed by atoms with E-state index >= 15 is 0 Å². The van der Waals surface area contributed by atoms with E-state index in [9.17, 15) is 26.8 Å². The van der Waals surface area contributed by atoms with Crippen molar-refractivity contribution in [3.63, 3.8) is 0 Å². The van der Waals surface area contributed by atoms with Gasteiger partial charge in [-0.25, -0.2) is 17.2 Å². The largest absolute Gasteiger partial charge is 0.497 e. The number of anilines is 1. The summed E-state index contributed by atoms with van der Waals surface area (Å²) in [5.74, 6) is -2.32. The number of carbonyl (C=O) groups excluding carboxylic acids is 2. The van der Waals surface area contributed by atoms with Crippen LogP contribution in [-0.2, 0) is 26.2 Å². The lowest BCUT2D eigenvalue weighted by Gasteiger charge is -2.31. The van der Waals surface area contributed by atoms with Crippen LogP contribution in [0.4, 0.5) is 14.5 Å². The standard InChI is InChI=1S/C24H31F2N3O5S/c1-5-22(24(31)27-2)28(16-17-8-6-9-19(14-17)34-3)23(30)10-7-13-29(35(4,32)33)18-11-12-20(25)21(26)15-18/h6,8-9,11-12,14-15,22H,5,7,10,13,16H2,1-4H3,(H,27,31)/t22-/m1/s1. The molecule has 2 amide bonds. The SMILES string of the molecule is CC[C@H](C(=O)NC)N(Cc1cccc(OC)c1)C(=O)CCCN(c1ccc(F)c(F)c1)S(C)(=O)=O. The maximum absolute atomic E-state index is 13.7. The molecule has 1 N–H and O–H groups in total. The molecule has 0 unspecified atom stereocenters. The number of nitrogens with one attached hydrogen (secondary N) is 1. The van der Waals surface area contributed by atoms with Gasteiger partial charge < -0.3 is 15.0 Å². The summed E-state index contributed by atoms with van der Waals surface area (Å²) in [6, 6.07) is 9.21. The quantitative estimate of drug-likeness (QED) is 0.473. The molecule has 0 radical (unpaired) electrons. The highest BCUT2D eigenvalue weighted by Gasteiger charge is 2.28. The molecule has 0 aromatic heterocycles. The van der Waals surface area contributed by atoms with Gasteiger partial charge in [0.1, 0.15) is 11.8 Å². The van der Waals surface area contributed by atoms with Crippen molar-refractivity contribution in [3.8, 4) is 5.75 Å². The molecule has 192 valence electrons. The molecule has 8 nitrogen and oxygen atoms in total. The Hall–Kier alpha value is -3.21. The minimum Gasteiger partial charge on any atom is -0.497 e. The van der Waals surface area contributed by atoms with Crippen molar-refractivity contribution in [1.29, 1.82) is 0 Å². The van der Waals surface area contributed by atoms with Crippen LogP contribution >= 0.6 is 0 Å². The number of carbonyl (C=O) groups is 2. The summed E-state index contributed by atoms with van der Waals surface area (Å²) in [4.78, 5) is 27.2. The Labute approximate surface area is 204 Å². The fourth-order valence-electron chi connectivity index (χ4n) is 3.70. The fraction of sp³-hybridized carbons (Fsp3) is 0.417. The molecule has 0 aliphatic heterocycles. The number of sulfonamides is 1. The number of hydrogen-bond acceptors (Lipinski definition) is 5. The van der Waals surface area contributed by atoms with Gasteiger partial charge in [-0.15, -0.1) is 0 Å². The molecule has 0 heterocycles. The lowest BCUT2D eigenvalue weighted by molar-refractivity contribution is -0.141. The molecule has 2 aromatic rings. The van der Waals surface area contributed by atoms with Crippen LogP contribution in [0, 0.1) is 11.6 Å². The van der Waals surface area contributed by atoms with Crippen LogP contribution in [0.15, 0.2) is 42.5 Å². The molecule has 0 bridgehead atoms. The summed E-state index contributed by atoms with van der Waals surface area (Å²) in [6.45, 7) is 1.82. The van der Waals surface area contributed by atoms with Crippen molar-refractivity contribution in [2.75, 3.05) is 31.3 Å². The number of nitrogens with zero attached hydrogens (tertiary/aromatic N) is 2. The van der Waals surface area contributed by atoms with Crippen LogP contribution in [0.1, 0.15) is 31.7 Å². The maximum atomic E-state index is 13.7. The third-order valence-corrected chi connectivity index (χ3v) is 6.66. The van der Waals surface area contributed by atoms with Gasteiger partial charge in [-0.3, -0.25) is 13.9 Å². The summed E-state index contributed by atoms with van der Waals surface area (Å²) < 4.78 is 57.7. The fourth-order valence-corrected chi connectivity index (χ4v) is 4.65. The summed E-state index contributed by atoms with van der Waals surface area (Å²) in [5.41, 5.74) is 0.725. The van der Waals surface area contributed by atoms with E-state index in [2.05, 4.69) is 5.32 Å². The highest BCUT2D eigenvalue weighted by atomic mass is 32.2. The number of rotatable bonds is 12. The highest BCUT2D eigenvalue weighted by Crippen LogP contribution is 2.22. The Bertz CT molecular complexity index is 1140. The number of methoxy groups -OCH3 is 1. The Balaban J connectivity index is 2.22. The van der Waals surface area contributed by atoms with Crippen molar-refractivity contribution in [2.24, 2.45) is 0 Å². The van der Waals surface area contributed by atoms with Gasteiger partial charge in [-0.2, -0.15) is 0 Å². The number of ether oxygens (including phenoxy) is 1. The Morgan fingerprint density at radius 3 is 2.40 bits per heavy atom. The van der Waals surface area contributed by atoms with Gasteiger partial charge >= 0.3 is 0 Å². The predicted octanol–water partition coefficient (Wildman–Crippen LogP) is 3.07. The van der Waals surface area contributed by atoms with Crippen molar-refractivity contribution in [2.45, 2.75) is 38.8 Å². The van der Waals surface area contributed by atoms with E-state index in [-0.39, 0.29) is 43.4 Å². The second kappa shape index (κ2) is 12.5. The Kier molecular flexibility index (Phi) is 10.00. The first-order valence-electron chi connectivity index (χ1n) is 11.1. The molecule has 11 heteroatoms. The zero-order valence-electron chi connectivity index (χ0n) is 20.3. The Morgan fingerprint density at radius 1 is 1.11 bits per heavy atom. The Morgan fingerprint density at radius 2 is 1.83 bits per heavy atom. The van der Waals surface area contributed by atoms with Gasteiger partial charge in [0.2, 0.25) is 21.8 Å². The molecule has 0 spiro atoms. The minimum absolute atomic E-state index is 0.0381. The van der Waals surface area contributed by atoms with Gasteiger partial charge in [0.25, 0.3) is 0 Å². The average molecular weight is 512 g/mol. The molecule has 0 saturated heterocycles. The zero-order valence-corrected chi connectivity index (χ0v) is 21.1. The second-order valence-electron chi connectivity index (χ2n) is 7.95. The summed E-state index contributed by atoms with van der Waals surface area (Å²) in [7, 11) is -0.798. The molecule has 35 heavy (non-hydrogen) atoms. The van der Waals surface area contributed by atoms with Crippen LogP contribution in [0.25, 0.3) is 0 Å². The minimum atomic E-state index is -3.82. The number of halogens is 2. The number of hydrogen-bond donors (Lipinski definition) is 1. The monoisotopic (exact) mass is 511 g/mol. The van der Waals surface area contributed by atoms with Crippen LogP contribution < -0.4 is 14.4 Å². The third-order valence-electron chi connectivity index (χ3n) is 5.46. The molecule has 0 aliphatic carbocycles. The number of benzene rings is 2. The van der Waals surface area contributed by atoms with E-state index in [1.165, 1.54) is 19.1 Å². The van der Waals surface area contributed by atoms with Crippen molar-refractivity contribution in [1.82, 2.24) is 10.2 Å². The zero-order chi connectivity index (χ0) is 26.2. The molecular formula is C24H31F2N3O5S. The highest BCUT2D eigenvalue weighted by molar-refractivity contribution is 7.92. The van der Waals surface area contributed by atoms with E-state index < -0.39 is 27.7 Å². The topological polar surface area (TPSA) is 96.0 Å². The van der Waals surface area contributed by atoms with Gasteiger partial charge in [0.05, 0.1) is 19.1 Å². The van der Waals surface area contributed by atoms with Gasteiger partial charge in [0.15, 0.2) is 11.6 Å². The van der Waals surface area contributed by atoms with Crippen molar-refractivity contribution < 1.29 is 31.5 Å². The van der Waals surface area contributed by atoms with Crippen molar-refractivity contribution in [3.05, 3.63) is 59.7 Å². The lowest BCUT2D eigenvalue weighted by Crippen LogP contribution is -2.48. The first kappa shape index (κ1) is 28.0. The van der Waals surface area contributed by atoms with Gasteiger partial charge in [-0.05, 0) is 42.7 Å². The molecular weight excluding hydrogens is 480 g/mol. The lowest BCUT2D eigenvalue weighted by atomic mass is 10.1. The number of amides is 2. The molecule has 0 aliphatic rings. The van der Waals surface area contributed by atoms with Crippen LogP contribution in [0.5, 0.6) is 5.75 Å². The summed E-state index contributed by atoms with van der Waals surface area (Å²) >= 11 is 0. The molecule has 2 rings (SSSR count). The summed E-state index contributed by atoms with van der Waals surface area (Å²) in [5, 5.41) is 2.57. The third kappa shape index (κ3) is 7.64. The average Bonchev–Trinajstić information content (AvgIpc) is 2.82. The molecule has 1 atom stereocenters. The van der Waals surface area contributed by atoms with E-state index in [1.54, 1.807) is 25.1 Å². The second-order valence-corrected chi connectivity index (χ2v) is 9.86. The molecule has 0 fully saturated rings. The van der Waals surface area contributed by atoms with Gasteiger partial charge in [-0.1, -0.05) is 19.1 Å². The predicted molar refractivity (Wildman–Crippen MR) is 129 cm³/mol. The normalized spacial score (nSPS) is 12.1. The molecule has 2 aromatic carbocycles. The van der Waals surface area contributed by atoms with Crippen LogP contribution in [0.3, 0.4) is 0 Å². The number of likely N-dealkylation sites (N-methyl/N-ethyl adjacent to an activating group) is 1. The van der Waals surface area contributed by atoms with E-state index in [0.717, 1.165) is 34.3 Å². The molecule has 0 saturated carbocycles. The van der Waals surface area contributed by atoms with Gasteiger partial charge in [0, 0.05) is 32.6 Å². The first-order valence-corrected chi connectivity index (χ1v) is 12.9. The van der Waals surface area contributed by atoms with Crippen molar-refractivity contribution >= 4 is 27.5 Å². The smallest absolute Gasteiger partial charge is 0.242 e. The van der Waals surface area contributed by atoms with E-state index in [0.29, 0.717) is 12.2 Å². The first-order chi connectivity index (χ1) is 16.5. The maximum Gasteiger partial charge on any atom is 0.242 e. The van der Waals surface area contributed by atoms with E-state index in [1.807, 2.05) is 6.07 Å².